The zero-order valence-corrected chi connectivity index (χ0v) is 13.1. The highest BCUT2D eigenvalue weighted by Gasteiger charge is 2.15. The molecule has 0 saturated heterocycles. The van der Waals surface area contributed by atoms with Gasteiger partial charge in [-0.15, -0.1) is 0 Å². The van der Waals surface area contributed by atoms with Gasteiger partial charge in [0.1, 0.15) is 5.75 Å². The molecule has 16 heavy (non-hydrogen) atoms. The lowest BCUT2D eigenvalue weighted by atomic mass is 9.98. The van der Waals surface area contributed by atoms with E-state index in [-0.39, 0.29) is 0 Å². The Hall–Kier alpha value is -0.0200. The van der Waals surface area contributed by atoms with E-state index in [2.05, 4.69) is 51.8 Å². The van der Waals surface area contributed by atoms with E-state index in [1.165, 1.54) is 12.0 Å². The molecule has 0 saturated carbocycles. The number of rotatable bonds is 5. The SMILES string of the molecule is CCC(C)CC(Br)c1cc(Br)ccc1OC. The van der Waals surface area contributed by atoms with Crippen molar-refractivity contribution in [3.8, 4) is 5.75 Å². The summed E-state index contributed by atoms with van der Waals surface area (Å²) in [6, 6.07) is 6.14. The topological polar surface area (TPSA) is 9.23 Å². The van der Waals surface area contributed by atoms with Crippen LogP contribution in [0.2, 0.25) is 0 Å². The average molecular weight is 350 g/mol. The van der Waals surface area contributed by atoms with Crippen LogP contribution in [-0.4, -0.2) is 7.11 Å². The lowest BCUT2D eigenvalue weighted by Crippen LogP contribution is -2.01. The van der Waals surface area contributed by atoms with Gasteiger partial charge in [0.2, 0.25) is 0 Å². The van der Waals surface area contributed by atoms with Gasteiger partial charge in [-0.2, -0.15) is 0 Å². The molecular weight excluding hydrogens is 332 g/mol. The lowest BCUT2D eigenvalue weighted by molar-refractivity contribution is 0.406. The number of alkyl halides is 1. The van der Waals surface area contributed by atoms with Crippen LogP contribution in [0.4, 0.5) is 0 Å². The van der Waals surface area contributed by atoms with Gasteiger partial charge in [-0.1, -0.05) is 52.1 Å². The summed E-state index contributed by atoms with van der Waals surface area (Å²) in [7, 11) is 1.72. The van der Waals surface area contributed by atoms with Crippen molar-refractivity contribution in [2.75, 3.05) is 7.11 Å². The van der Waals surface area contributed by atoms with Gasteiger partial charge in [-0.05, 0) is 30.5 Å². The second kappa shape index (κ2) is 6.65. The quantitative estimate of drug-likeness (QED) is 0.653. The molecule has 0 amide bonds. The van der Waals surface area contributed by atoms with Gasteiger partial charge in [0.05, 0.1) is 7.11 Å². The molecule has 0 aliphatic carbocycles. The summed E-state index contributed by atoms with van der Waals surface area (Å²) in [5.74, 6) is 1.67. The van der Waals surface area contributed by atoms with Gasteiger partial charge in [0.25, 0.3) is 0 Å². The predicted octanol–water partition coefficient (Wildman–Crippen LogP) is 5.33. The highest BCUT2D eigenvalue weighted by Crippen LogP contribution is 2.37. The van der Waals surface area contributed by atoms with E-state index in [0.717, 1.165) is 16.6 Å². The zero-order chi connectivity index (χ0) is 12.1. The number of methoxy groups -OCH3 is 1. The van der Waals surface area contributed by atoms with Crippen LogP contribution in [0.3, 0.4) is 0 Å². The molecule has 90 valence electrons. The van der Waals surface area contributed by atoms with Crippen molar-refractivity contribution in [2.24, 2.45) is 5.92 Å². The molecule has 0 aromatic heterocycles. The molecule has 1 aromatic carbocycles. The standard InChI is InChI=1S/C13H18Br2O/c1-4-9(2)7-12(15)11-8-10(14)5-6-13(11)16-3/h5-6,8-9,12H,4,7H2,1-3H3. The molecular formula is C13H18Br2O. The number of hydrogen-bond acceptors (Lipinski definition) is 1. The summed E-state index contributed by atoms with van der Waals surface area (Å²) in [4.78, 5) is 0.356. The first-order valence-electron chi connectivity index (χ1n) is 5.56. The van der Waals surface area contributed by atoms with Gasteiger partial charge >= 0.3 is 0 Å². The normalized spacial score (nSPS) is 14.6. The molecule has 1 nitrogen and oxygen atoms in total. The van der Waals surface area contributed by atoms with Crippen molar-refractivity contribution in [3.63, 3.8) is 0 Å². The Morgan fingerprint density at radius 1 is 1.38 bits per heavy atom. The highest BCUT2D eigenvalue weighted by molar-refractivity contribution is 9.10. The van der Waals surface area contributed by atoms with E-state index < -0.39 is 0 Å². The summed E-state index contributed by atoms with van der Waals surface area (Å²) in [6.07, 6.45) is 2.34. The molecule has 0 bridgehead atoms. The lowest BCUT2D eigenvalue weighted by Gasteiger charge is -2.17. The molecule has 2 unspecified atom stereocenters. The molecule has 0 aliphatic heterocycles. The van der Waals surface area contributed by atoms with Crippen molar-refractivity contribution in [1.29, 1.82) is 0 Å². The monoisotopic (exact) mass is 348 g/mol. The van der Waals surface area contributed by atoms with Gasteiger partial charge in [-0.25, -0.2) is 0 Å². The Morgan fingerprint density at radius 3 is 2.62 bits per heavy atom. The van der Waals surface area contributed by atoms with E-state index in [4.69, 9.17) is 4.74 Å². The predicted molar refractivity (Wildman–Crippen MR) is 76.4 cm³/mol. The fourth-order valence-electron chi connectivity index (χ4n) is 1.60. The average Bonchev–Trinajstić information content (AvgIpc) is 2.28. The van der Waals surface area contributed by atoms with E-state index in [0.29, 0.717) is 10.7 Å². The molecule has 2 atom stereocenters. The van der Waals surface area contributed by atoms with Crippen LogP contribution in [0.5, 0.6) is 5.75 Å². The van der Waals surface area contributed by atoms with Gasteiger partial charge in [-0.3, -0.25) is 0 Å². The van der Waals surface area contributed by atoms with Gasteiger partial charge < -0.3 is 4.74 Å². The van der Waals surface area contributed by atoms with Crippen LogP contribution in [-0.2, 0) is 0 Å². The Kier molecular flexibility index (Phi) is 5.84. The van der Waals surface area contributed by atoms with Crippen LogP contribution >= 0.6 is 31.9 Å². The minimum absolute atomic E-state index is 0.356. The number of halogens is 2. The fourth-order valence-corrected chi connectivity index (χ4v) is 2.97. The smallest absolute Gasteiger partial charge is 0.123 e. The Morgan fingerprint density at radius 2 is 2.06 bits per heavy atom. The molecule has 0 heterocycles. The van der Waals surface area contributed by atoms with Crippen LogP contribution in [0.15, 0.2) is 22.7 Å². The summed E-state index contributed by atoms with van der Waals surface area (Å²) in [5, 5.41) is 0. The molecule has 1 aromatic rings. The molecule has 0 fully saturated rings. The minimum Gasteiger partial charge on any atom is -0.496 e. The first kappa shape index (κ1) is 14.0. The van der Waals surface area contributed by atoms with E-state index in [1.807, 2.05) is 12.1 Å². The van der Waals surface area contributed by atoms with Crippen molar-refractivity contribution in [2.45, 2.75) is 31.5 Å². The van der Waals surface area contributed by atoms with Crippen LogP contribution < -0.4 is 4.74 Å². The second-order valence-corrected chi connectivity index (χ2v) is 6.12. The van der Waals surface area contributed by atoms with Crippen molar-refractivity contribution < 1.29 is 4.74 Å². The molecule has 3 heteroatoms. The summed E-state index contributed by atoms with van der Waals surface area (Å²) in [6.45, 7) is 4.50. The van der Waals surface area contributed by atoms with Gasteiger partial charge in [0, 0.05) is 14.9 Å². The number of benzene rings is 1. The first-order chi connectivity index (χ1) is 7.58. The molecule has 1 rings (SSSR count). The number of ether oxygens (including phenoxy) is 1. The van der Waals surface area contributed by atoms with Crippen LogP contribution in [0.25, 0.3) is 0 Å². The largest absolute Gasteiger partial charge is 0.496 e. The third-order valence-electron chi connectivity index (χ3n) is 2.84. The molecule has 0 spiro atoms. The third-order valence-corrected chi connectivity index (χ3v) is 4.20. The van der Waals surface area contributed by atoms with E-state index >= 15 is 0 Å². The maximum absolute atomic E-state index is 5.39. The molecule has 0 radical (unpaired) electrons. The minimum atomic E-state index is 0.356. The second-order valence-electron chi connectivity index (χ2n) is 4.10. The summed E-state index contributed by atoms with van der Waals surface area (Å²) in [5.41, 5.74) is 1.22. The summed E-state index contributed by atoms with van der Waals surface area (Å²) < 4.78 is 6.48. The zero-order valence-electron chi connectivity index (χ0n) is 9.97. The van der Waals surface area contributed by atoms with E-state index in [9.17, 15) is 0 Å². The molecule has 0 N–H and O–H groups in total. The third kappa shape index (κ3) is 3.77. The first-order valence-corrected chi connectivity index (χ1v) is 7.26. The Balaban J connectivity index is 2.88. The fraction of sp³-hybridized carbons (Fsp3) is 0.538. The van der Waals surface area contributed by atoms with Crippen molar-refractivity contribution >= 4 is 31.9 Å². The van der Waals surface area contributed by atoms with E-state index in [1.54, 1.807) is 7.11 Å². The molecule has 0 aliphatic rings. The van der Waals surface area contributed by atoms with Crippen molar-refractivity contribution in [1.82, 2.24) is 0 Å². The number of hydrogen-bond donors (Lipinski definition) is 0. The van der Waals surface area contributed by atoms with Crippen molar-refractivity contribution in [3.05, 3.63) is 28.2 Å². The Labute approximate surface area is 115 Å². The Bertz CT molecular complexity index is 339. The highest BCUT2D eigenvalue weighted by atomic mass is 79.9. The maximum atomic E-state index is 5.39. The van der Waals surface area contributed by atoms with Crippen LogP contribution in [0, 0.1) is 5.92 Å². The van der Waals surface area contributed by atoms with Crippen LogP contribution in [0.1, 0.15) is 37.1 Å². The maximum Gasteiger partial charge on any atom is 0.123 e. The van der Waals surface area contributed by atoms with Gasteiger partial charge in [0.15, 0.2) is 0 Å². The summed E-state index contributed by atoms with van der Waals surface area (Å²) >= 11 is 7.25.